The van der Waals surface area contributed by atoms with E-state index in [1.165, 1.54) is 6.92 Å². The topological polar surface area (TPSA) is 90.7 Å². The Balaban J connectivity index is 1.48. The summed E-state index contributed by atoms with van der Waals surface area (Å²) in [7, 11) is 0. The molecule has 1 atom stereocenters. The second-order valence-corrected chi connectivity index (χ2v) is 6.68. The lowest BCUT2D eigenvalue weighted by Gasteiger charge is -2.22. The quantitative estimate of drug-likeness (QED) is 0.826. The molecule has 1 aliphatic heterocycles. The lowest BCUT2D eigenvalue weighted by Crippen LogP contribution is -2.44. The summed E-state index contributed by atoms with van der Waals surface area (Å²) in [6.45, 7) is 3.28. The predicted octanol–water partition coefficient (Wildman–Crippen LogP) is 0.649. The van der Waals surface area contributed by atoms with Crippen LogP contribution >= 0.6 is 0 Å². The van der Waals surface area contributed by atoms with Gasteiger partial charge in [-0.15, -0.1) is 0 Å². The lowest BCUT2D eigenvalue weighted by atomic mass is 10.2. The van der Waals surface area contributed by atoms with Crippen molar-refractivity contribution in [2.75, 3.05) is 32.7 Å². The van der Waals surface area contributed by atoms with Gasteiger partial charge in [0.05, 0.1) is 24.5 Å². The SMILES string of the molecule is CC(=O)N1CCN(C(=O)NCCc2cnn(-c3ccccc3)c2)C[C@@H](O)C1. The molecule has 0 bridgehead atoms. The Morgan fingerprint density at radius 1 is 1.19 bits per heavy atom. The summed E-state index contributed by atoms with van der Waals surface area (Å²) in [5.74, 6) is -0.0910. The number of carbonyl (C=O) groups excluding carboxylic acids is 2. The van der Waals surface area contributed by atoms with Gasteiger partial charge in [0.25, 0.3) is 0 Å². The van der Waals surface area contributed by atoms with Crippen molar-refractivity contribution in [2.24, 2.45) is 0 Å². The largest absolute Gasteiger partial charge is 0.389 e. The molecule has 0 unspecified atom stereocenters. The van der Waals surface area contributed by atoms with Crippen LogP contribution in [-0.2, 0) is 11.2 Å². The van der Waals surface area contributed by atoms with Gasteiger partial charge in [-0.05, 0) is 24.1 Å². The fraction of sp³-hybridized carbons (Fsp3) is 0.421. The van der Waals surface area contributed by atoms with Gasteiger partial charge in [0.2, 0.25) is 5.91 Å². The minimum absolute atomic E-state index is 0.0910. The van der Waals surface area contributed by atoms with Crippen molar-refractivity contribution in [3.63, 3.8) is 0 Å². The summed E-state index contributed by atoms with van der Waals surface area (Å²) in [6, 6.07) is 9.61. The average molecular weight is 371 g/mol. The average Bonchev–Trinajstić information content (AvgIpc) is 3.03. The summed E-state index contributed by atoms with van der Waals surface area (Å²) >= 11 is 0. The Labute approximate surface area is 158 Å². The highest BCUT2D eigenvalue weighted by Gasteiger charge is 2.25. The van der Waals surface area contributed by atoms with Crippen LogP contribution in [0.1, 0.15) is 12.5 Å². The van der Waals surface area contributed by atoms with E-state index >= 15 is 0 Å². The molecule has 8 heteroatoms. The van der Waals surface area contributed by atoms with Crippen LogP contribution < -0.4 is 5.32 Å². The number of hydrogen-bond donors (Lipinski definition) is 2. The van der Waals surface area contributed by atoms with Crippen LogP contribution in [0.3, 0.4) is 0 Å². The first-order valence-electron chi connectivity index (χ1n) is 9.08. The first kappa shape index (κ1) is 18.9. The molecule has 3 amide bonds. The minimum Gasteiger partial charge on any atom is -0.389 e. The highest BCUT2D eigenvalue weighted by Crippen LogP contribution is 2.08. The van der Waals surface area contributed by atoms with Gasteiger partial charge in [-0.2, -0.15) is 5.10 Å². The smallest absolute Gasteiger partial charge is 0.317 e. The molecule has 2 N–H and O–H groups in total. The number of rotatable bonds is 4. The number of β-amino-alcohol motifs (C(OH)–C–C–N with tert-alkyl or cyclic N) is 1. The maximum Gasteiger partial charge on any atom is 0.317 e. The number of carbonyl (C=O) groups is 2. The number of nitrogens with one attached hydrogen (secondary N) is 1. The minimum atomic E-state index is -0.730. The van der Waals surface area contributed by atoms with E-state index in [4.69, 9.17) is 0 Å². The van der Waals surface area contributed by atoms with E-state index < -0.39 is 6.10 Å². The van der Waals surface area contributed by atoms with Gasteiger partial charge in [-0.1, -0.05) is 18.2 Å². The molecule has 1 aromatic heterocycles. The third kappa shape index (κ3) is 5.07. The molecule has 0 saturated carbocycles. The van der Waals surface area contributed by atoms with Crippen LogP contribution in [0.15, 0.2) is 42.7 Å². The van der Waals surface area contributed by atoms with Crippen molar-refractivity contribution in [2.45, 2.75) is 19.4 Å². The molecule has 3 rings (SSSR count). The molecule has 144 valence electrons. The van der Waals surface area contributed by atoms with Crippen molar-refractivity contribution in [1.82, 2.24) is 24.9 Å². The van der Waals surface area contributed by atoms with E-state index in [2.05, 4.69) is 10.4 Å². The zero-order valence-corrected chi connectivity index (χ0v) is 15.4. The molecule has 1 saturated heterocycles. The molecule has 1 fully saturated rings. The highest BCUT2D eigenvalue weighted by atomic mass is 16.3. The number of benzene rings is 1. The molecule has 0 spiro atoms. The summed E-state index contributed by atoms with van der Waals surface area (Å²) < 4.78 is 1.80. The number of hydrogen-bond acceptors (Lipinski definition) is 4. The molecule has 1 aromatic carbocycles. The zero-order chi connectivity index (χ0) is 19.2. The predicted molar refractivity (Wildman–Crippen MR) is 101 cm³/mol. The molecule has 2 aromatic rings. The number of urea groups is 1. The number of amides is 3. The fourth-order valence-electron chi connectivity index (χ4n) is 3.10. The highest BCUT2D eigenvalue weighted by molar-refractivity contribution is 5.75. The second-order valence-electron chi connectivity index (χ2n) is 6.68. The van der Waals surface area contributed by atoms with Gasteiger partial charge < -0.3 is 20.2 Å². The van der Waals surface area contributed by atoms with E-state index in [0.29, 0.717) is 26.1 Å². The van der Waals surface area contributed by atoms with E-state index in [0.717, 1.165) is 11.3 Å². The van der Waals surface area contributed by atoms with E-state index in [1.807, 2.05) is 36.5 Å². The number of aromatic nitrogens is 2. The van der Waals surface area contributed by atoms with Crippen molar-refractivity contribution < 1.29 is 14.7 Å². The van der Waals surface area contributed by atoms with Crippen LogP contribution in [0.4, 0.5) is 4.79 Å². The number of para-hydroxylation sites is 1. The number of aliphatic hydroxyl groups excluding tert-OH is 1. The van der Waals surface area contributed by atoms with Crippen LogP contribution in [0, 0.1) is 0 Å². The third-order valence-corrected chi connectivity index (χ3v) is 4.58. The van der Waals surface area contributed by atoms with E-state index in [-0.39, 0.29) is 25.0 Å². The van der Waals surface area contributed by atoms with Crippen molar-refractivity contribution in [1.29, 1.82) is 0 Å². The summed E-state index contributed by atoms with van der Waals surface area (Å²) in [4.78, 5) is 27.0. The Morgan fingerprint density at radius 3 is 2.63 bits per heavy atom. The second kappa shape index (κ2) is 8.68. The van der Waals surface area contributed by atoms with Gasteiger partial charge in [0, 0.05) is 39.3 Å². The molecule has 0 radical (unpaired) electrons. The van der Waals surface area contributed by atoms with Crippen LogP contribution in [0.5, 0.6) is 0 Å². The van der Waals surface area contributed by atoms with Gasteiger partial charge >= 0.3 is 6.03 Å². The maximum atomic E-state index is 12.4. The van der Waals surface area contributed by atoms with Crippen molar-refractivity contribution in [3.8, 4) is 5.69 Å². The summed E-state index contributed by atoms with van der Waals surface area (Å²) in [6.07, 6.45) is 3.67. The van der Waals surface area contributed by atoms with Gasteiger partial charge in [0.1, 0.15) is 0 Å². The zero-order valence-electron chi connectivity index (χ0n) is 15.4. The Kier molecular flexibility index (Phi) is 6.08. The molecule has 27 heavy (non-hydrogen) atoms. The number of aliphatic hydroxyl groups is 1. The molecule has 0 aliphatic carbocycles. The van der Waals surface area contributed by atoms with Gasteiger partial charge in [0.15, 0.2) is 0 Å². The third-order valence-electron chi connectivity index (χ3n) is 4.58. The van der Waals surface area contributed by atoms with Crippen LogP contribution in [0.2, 0.25) is 0 Å². The normalized spacial score (nSPS) is 17.5. The monoisotopic (exact) mass is 371 g/mol. The number of nitrogens with zero attached hydrogens (tertiary/aromatic N) is 4. The fourth-order valence-corrected chi connectivity index (χ4v) is 3.10. The molecule has 1 aliphatic rings. The van der Waals surface area contributed by atoms with Gasteiger partial charge in [-0.3, -0.25) is 4.79 Å². The first-order valence-corrected chi connectivity index (χ1v) is 9.08. The van der Waals surface area contributed by atoms with E-state index in [9.17, 15) is 14.7 Å². The standard InChI is InChI=1S/C19H25N5O3/c1-15(25)22-9-10-23(14-18(26)13-22)19(27)20-8-7-16-11-21-24(12-16)17-5-3-2-4-6-17/h2-6,11-12,18,26H,7-10,13-14H2,1H3,(H,20,27)/t18-/m0/s1. The van der Waals surface area contributed by atoms with Crippen molar-refractivity contribution in [3.05, 3.63) is 48.3 Å². The lowest BCUT2D eigenvalue weighted by molar-refractivity contribution is -0.129. The Hall–Kier alpha value is -2.87. The van der Waals surface area contributed by atoms with E-state index in [1.54, 1.807) is 20.7 Å². The summed E-state index contributed by atoms with van der Waals surface area (Å²) in [5, 5.41) is 17.2. The molecular formula is C19H25N5O3. The summed E-state index contributed by atoms with van der Waals surface area (Å²) in [5.41, 5.74) is 2.01. The maximum absolute atomic E-state index is 12.4. The molecular weight excluding hydrogens is 346 g/mol. The Morgan fingerprint density at radius 2 is 1.89 bits per heavy atom. The van der Waals surface area contributed by atoms with Gasteiger partial charge in [-0.25, -0.2) is 9.48 Å². The van der Waals surface area contributed by atoms with Crippen LogP contribution in [-0.4, -0.2) is 75.5 Å². The Bertz CT molecular complexity index is 777. The molecule has 2 heterocycles. The van der Waals surface area contributed by atoms with Crippen molar-refractivity contribution >= 4 is 11.9 Å². The molecule has 8 nitrogen and oxygen atoms in total. The van der Waals surface area contributed by atoms with Crippen LogP contribution in [0.25, 0.3) is 5.69 Å². The first-order chi connectivity index (χ1) is 13.0.